The van der Waals surface area contributed by atoms with Gasteiger partial charge in [-0.25, -0.2) is 0 Å². The number of carbonyl (C=O) groups excluding carboxylic acids is 1. The zero-order chi connectivity index (χ0) is 23.8. The normalized spacial score (nSPS) is 11.0. The number of hydrogen-bond acceptors (Lipinski definition) is 1. The van der Waals surface area contributed by atoms with Gasteiger partial charge >= 0.3 is 0 Å². The molecular formula is C31H39NO. The first-order valence-corrected chi connectivity index (χ1v) is 12.5. The van der Waals surface area contributed by atoms with Crippen LogP contribution in [0.25, 0.3) is 21.9 Å². The highest BCUT2D eigenvalue weighted by Crippen LogP contribution is 2.29. The summed E-state index contributed by atoms with van der Waals surface area (Å²) < 4.78 is 0. The number of aryl methyl sites for hydroxylation is 3. The highest BCUT2D eigenvalue weighted by atomic mass is 16.2. The molecule has 0 aliphatic heterocycles. The number of rotatable bonds is 11. The molecule has 0 N–H and O–H groups in total. The van der Waals surface area contributed by atoms with Crippen LogP contribution in [-0.2, 0) is 24.1 Å². The summed E-state index contributed by atoms with van der Waals surface area (Å²) in [7, 11) is 1.85. The van der Waals surface area contributed by atoms with E-state index in [1.54, 1.807) is 11.8 Å². The maximum absolute atomic E-state index is 12.0. The van der Waals surface area contributed by atoms with E-state index < -0.39 is 0 Å². The van der Waals surface area contributed by atoms with E-state index in [0.29, 0.717) is 5.57 Å². The minimum Gasteiger partial charge on any atom is -0.342 e. The zero-order valence-electron chi connectivity index (χ0n) is 20.9. The summed E-state index contributed by atoms with van der Waals surface area (Å²) in [6.45, 7) is 10.8. The van der Waals surface area contributed by atoms with Gasteiger partial charge in [0, 0.05) is 19.2 Å². The van der Waals surface area contributed by atoms with Crippen molar-refractivity contribution in [1.29, 1.82) is 0 Å². The standard InChI is InChI=1S/C31H39NO/c1-6-8-9-11-24-13-15-28-22-29(17-16-27(28)21-24)30-18-14-25(20-26(30)7-2)12-10-19-32(5)31(33)23(3)4/h13-18,20-22H,3,6-12,19H2,1-2,4-5H3. The van der Waals surface area contributed by atoms with Gasteiger partial charge in [0.2, 0.25) is 5.91 Å². The predicted molar refractivity (Wildman–Crippen MR) is 143 cm³/mol. The van der Waals surface area contributed by atoms with Gasteiger partial charge in [0.25, 0.3) is 0 Å². The molecule has 3 rings (SSSR count). The molecule has 0 fully saturated rings. The van der Waals surface area contributed by atoms with Crippen LogP contribution < -0.4 is 0 Å². The lowest BCUT2D eigenvalue weighted by Crippen LogP contribution is -2.28. The molecule has 0 unspecified atom stereocenters. The summed E-state index contributed by atoms with van der Waals surface area (Å²) in [6.07, 6.45) is 7.94. The van der Waals surface area contributed by atoms with Crippen molar-refractivity contribution >= 4 is 16.7 Å². The zero-order valence-corrected chi connectivity index (χ0v) is 20.9. The highest BCUT2D eigenvalue weighted by Gasteiger charge is 2.10. The van der Waals surface area contributed by atoms with E-state index in [1.807, 2.05) is 7.05 Å². The number of hydrogen-bond donors (Lipinski definition) is 0. The van der Waals surface area contributed by atoms with Gasteiger partial charge in [-0.15, -0.1) is 0 Å². The third kappa shape index (κ3) is 6.57. The number of amides is 1. The second-order valence-corrected chi connectivity index (χ2v) is 9.31. The largest absolute Gasteiger partial charge is 0.342 e. The van der Waals surface area contributed by atoms with Crippen molar-refractivity contribution in [3.63, 3.8) is 0 Å². The highest BCUT2D eigenvalue weighted by molar-refractivity contribution is 5.92. The molecule has 2 nitrogen and oxygen atoms in total. The van der Waals surface area contributed by atoms with Crippen LogP contribution >= 0.6 is 0 Å². The van der Waals surface area contributed by atoms with E-state index in [4.69, 9.17) is 0 Å². The molecule has 0 aromatic heterocycles. The van der Waals surface area contributed by atoms with E-state index in [-0.39, 0.29) is 5.91 Å². The second-order valence-electron chi connectivity index (χ2n) is 9.31. The molecule has 0 aliphatic rings. The minimum absolute atomic E-state index is 0.0315. The number of nitrogens with zero attached hydrogens (tertiary/aromatic N) is 1. The van der Waals surface area contributed by atoms with Crippen LogP contribution in [0.4, 0.5) is 0 Å². The van der Waals surface area contributed by atoms with Gasteiger partial charge in [-0.05, 0) is 83.7 Å². The smallest absolute Gasteiger partial charge is 0.248 e. The summed E-state index contributed by atoms with van der Waals surface area (Å²) in [4.78, 5) is 13.7. The second kappa shape index (κ2) is 11.8. The maximum atomic E-state index is 12.0. The van der Waals surface area contributed by atoms with Crippen molar-refractivity contribution in [1.82, 2.24) is 4.90 Å². The van der Waals surface area contributed by atoms with Crippen molar-refractivity contribution in [3.8, 4) is 11.1 Å². The van der Waals surface area contributed by atoms with Crippen LogP contribution in [0.15, 0.2) is 66.7 Å². The van der Waals surface area contributed by atoms with Crippen molar-refractivity contribution in [2.24, 2.45) is 0 Å². The molecule has 0 saturated heterocycles. The van der Waals surface area contributed by atoms with E-state index >= 15 is 0 Å². The predicted octanol–water partition coefficient (Wildman–Crippen LogP) is 7.77. The Morgan fingerprint density at radius 3 is 2.24 bits per heavy atom. The Hall–Kier alpha value is -2.87. The molecular weight excluding hydrogens is 402 g/mol. The van der Waals surface area contributed by atoms with Gasteiger partial charge in [0.05, 0.1) is 0 Å². The van der Waals surface area contributed by atoms with Crippen molar-refractivity contribution in [2.45, 2.75) is 65.7 Å². The lowest BCUT2D eigenvalue weighted by atomic mass is 9.93. The third-order valence-electron chi connectivity index (χ3n) is 6.51. The van der Waals surface area contributed by atoms with Crippen molar-refractivity contribution in [3.05, 3.63) is 83.4 Å². The molecule has 0 heterocycles. The summed E-state index contributed by atoms with van der Waals surface area (Å²) in [6, 6.07) is 20.7. The number of carbonyl (C=O) groups is 1. The average Bonchev–Trinajstić information content (AvgIpc) is 2.83. The Morgan fingerprint density at radius 2 is 1.52 bits per heavy atom. The Kier molecular flexibility index (Phi) is 8.88. The Morgan fingerprint density at radius 1 is 0.848 bits per heavy atom. The number of likely N-dealkylation sites (N-methyl/N-ethyl adjacent to an activating group) is 1. The molecule has 33 heavy (non-hydrogen) atoms. The van der Waals surface area contributed by atoms with Crippen LogP contribution in [0, 0.1) is 0 Å². The molecule has 3 aromatic carbocycles. The van der Waals surface area contributed by atoms with Gasteiger partial charge < -0.3 is 4.90 Å². The molecule has 2 heteroatoms. The van der Waals surface area contributed by atoms with Crippen LogP contribution in [0.3, 0.4) is 0 Å². The number of benzene rings is 3. The molecule has 0 aliphatic carbocycles. The first kappa shape index (κ1) is 24.8. The fourth-order valence-corrected chi connectivity index (χ4v) is 4.52. The van der Waals surface area contributed by atoms with Crippen molar-refractivity contribution < 1.29 is 4.79 Å². The summed E-state index contributed by atoms with van der Waals surface area (Å²) in [5.41, 5.74) is 7.37. The molecule has 174 valence electrons. The fourth-order valence-electron chi connectivity index (χ4n) is 4.52. The van der Waals surface area contributed by atoms with E-state index in [2.05, 4.69) is 75.0 Å². The minimum atomic E-state index is 0.0315. The maximum Gasteiger partial charge on any atom is 0.248 e. The summed E-state index contributed by atoms with van der Waals surface area (Å²) in [5, 5.41) is 2.64. The van der Waals surface area contributed by atoms with Gasteiger partial charge in [-0.2, -0.15) is 0 Å². The first-order valence-electron chi connectivity index (χ1n) is 12.5. The number of unbranched alkanes of at least 4 members (excludes halogenated alkanes) is 2. The monoisotopic (exact) mass is 441 g/mol. The number of fused-ring (bicyclic) bond motifs is 1. The molecule has 0 saturated carbocycles. The van der Waals surface area contributed by atoms with Crippen LogP contribution in [0.2, 0.25) is 0 Å². The lowest BCUT2D eigenvalue weighted by Gasteiger charge is -2.17. The third-order valence-corrected chi connectivity index (χ3v) is 6.51. The van der Waals surface area contributed by atoms with Crippen LogP contribution in [0.5, 0.6) is 0 Å². The quantitative estimate of drug-likeness (QED) is 0.220. The molecule has 0 radical (unpaired) electrons. The van der Waals surface area contributed by atoms with Gasteiger partial charge in [0.15, 0.2) is 0 Å². The van der Waals surface area contributed by atoms with E-state index in [1.165, 1.54) is 64.3 Å². The van der Waals surface area contributed by atoms with Gasteiger partial charge in [-0.3, -0.25) is 4.79 Å². The Balaban J connectivity index is 1.72. The fraction of sp³-hybridized carbons (Fsp3) is 0.387. The molecule has 0 atom stereocenters. The molecule has 0 spiro atoms. The lowest BCUT2D eigenvalue weighted by molar-refractivity contribution is -0.125. The Labute approximate surface area is 200 Å². The average molecular weight is 442 g/mol. The van der Waals surface area contributed by atoms with Gasteiger partial charge in [0.1, 0.15) is 0 Å². The molecule has 3 aromatic rings. The van der Waals surface area contributed by atoms with E-state index in [0.717, 1.165) is 25.8 Å². The Bertz CT molecular complexity index is 1110. The van der Waals surface area contributed by atoms with Gasteiger partial charge in [-0.1, -0.05) is 81.8 Å². The summed E-state index contributed by atoms with van der Waals surface area (Å²) >= 11 is 0. The molecule has 0 bridgehead atoms. The topological polar surface area (TPSA) is 20.3 Å². The van der Waals surface area contributed by atoms with Crippen molar-refractivity contribution in [2.75, 3.05) is 13.6 Å². The van der Waals surface area contributed by atoms with E-state index in [9.17, 15) is 4.79 Å². The van der Waals surface area contributed by atoms with Crippen LogP contribution in [0.1, 0.15) is 63.1 Å². The summed E-state index contributed by atoms with van der Waals surface area (Å²) in [5.74, 6) is 0.0315. The SMILES string of the molecule is C=C(C)C(=O)N(C)CCCc1ccc(-c2ccc3cc(CCCCC)ccc3c2)c(CC)c1. The first-order chi connectivity index (χ1) is 15.9. The molecule has 1 amide bonds. The van der Waals surface area contributed by atoms with Crippen LogP contribution in [-0.4, -0.2) is 24.4 Å².